The van der Waals surface area contributed by atoms with E-state index in [0.29, 0.717) is 52.5 Å². The predicted octanol–water partition coefficient (Wildman–Crippen LogP) is 2.21. The molecule has 0 aliphatic heterocycles. The lowest BCUT2D eigenvalue weighted by Crippen LogP contribution is -2.31. The number of nitrogens with two attached hydrogens (primary N) is 1. The number of nitrogens with zero attached hydrogens (tertiary/aromatic N) is 1. The summed E-state index contributed by atoms with van der Waals surface area (Å²) in [5, 5.41) is 0. The van der Waals surface area contributed by atoms with Gasteiger partial charge in [-0.3, -0.25) is 0 Å². The number of hydrogen-bond acceptors (Lipinski definition) is 4. The van der Waals surface area contributed by atoms with Crippen molar-refractivity contribution in [1.29, 1.82) is 0 Å². The second-order valence-corrected chi connectivity index (χ2v) is 4.74. The normalized spacial score (nSPS) is 10.9. The van der Waals surface area contributed by atoms with Crippen LogP contribution in [0.25, 0.3) is 0 Å². The highest BCUT2D eigenvalue weighted by molar-refractivity contribution is 5.49. The minimum Gasteiger partial charge on any atom is -0.380 e. The summed E-state index contributed by atoms with van der Waals surface area (Å²) < 4.78 is 24.6. The van der Waals surface area contributed by atoms with Crippen LogP contribution in [-0.2, 0) is 15.9 Å². The zero-order valence-electron chi connectivity index (χ0n) is 13.1. The van der Waals surface area contributed by atoms with Crippen LogP contribution in [0.15, 0.2) is 18.2 Å². The summed E-state index contributed by atoms with van der Waals surface area (Å²) in [5.74, 6) is -0.228. The summed E-state index contributed by atoms with van der Waals surface area (Å²) in [6.45, 7) is 8.47. The van der Waals surface area contributed by atoms with Crippen molar-refractivity contribution < 1.29 is 13.9 Å². The molecule has 0 saturated carbocycles. The Balaban J connectivity index is 2.78. The molecule has 120 valence electrons. The van der Waals surface area contributed by atoms with Crippen molar-refractivity contribution in [2.75, 3.05) is 51.0 Å². The van der Waals surface area contributed by atoms with Crippen molar-refractivity contribution in [1.82, 2.24) is 0 Å². The van der Waals surface area contributed by atoms with Crippen LogP contribution >= 0.6 is 0 Å². The molecule has 0 spiro atoms. The maximum absolute atomic E-state index is 13.8. The first kappa shape index (κ1) is 17.9. The monoisotopic (exact) mass is 298 g/mol. The highest BCUT2D eigenvalue weighted by Crippen LogP contribution is 2.19. The summed E-state index contributed by atoms with van der Waals surface area (Å²) in [4.78, 5) is 2.09. The lowest BCUT2D eigenvalue weighted by Gasteiger charge is -2.25. The Morgan fingerprint density at radius 3 is 2.19 bits per heavy atom. The van der Waals surface area contributed by atoms with E-state index in [-0.39, 0.29) is 5.82 Å². The second kappa shape index (κ2) is 10.5. The molecule has 5 heteroatoms. The van der Waals surface area contributed by atoms with Gasteiger partial charge in [-0.1, -0.05) is 0 Å². The van der Waals surface area contributed by atoms with Crippen LogP contribution in [0.2, 0.25) is 0 Å². The van der Waals surface area contributed by atoms with Crippen LogP contribution in [0.4, 0.5) is 10.1 Å². The van der Waals surface area contributed by atoms with Crippen LogP contribution < -0.4 is 10.6 Å². The van der Waals surface area contributed by atoms with E-state index in [9.17, 15) is 4.39 Å². The van der Waals surface area contributed by atoms with Crippen molar-refractivity contribution >= 4 is 5.69 Å². The molecular weight excluding hydrogens is 271 g/mol. The first-order valence-electron chi connectivity index (χ1n) is 7.61. The molecule has 1 rings (SSSR count). The van der Waals surface area contributed by atoms with Crippen LogP contribution in [0.5, 0.6) is 0 Å². The van der Waals surface area contributed by atoms with Gasteiger partial charge in [0, 0.05) is 32.0 Å². The molecule has 0 amide bonds. The van der Waals surface area contributed by atoms with E-state index in [1.807, 2.05) is 19.9 Å². The van der Waals surface area contributed by atoms with Gasteiger partial charge in [0.2, 0.25) is 0 Å². The minimum absolute atomic E-state index is 0.228. The van der Waals surface area contributed by atoms with E-state index in [1.165, 1.54) is 0 Å². The Morgan fingerprint density at radius 2 is 1.67 bits per heavy atom. The van der Waals surface area contributed by atoms with Gasteiger partial charge in [-0.25, -0.2) is 4.39 Å². The fourth-order valence-electron chi connectivity index (χ4n) is 2.14. The Hall–Kier alpha value is -1.17. The van der Waals surface area contributed by atoms with Gasteiger partial charge in [0.1, 0.15) is 5.82 Å². The first-order valence-corrected chi connectivity index (χ1v) is 7.61. The van der Waals surface area contributed by atoms with E-state index in [2.05, 4.69) is 4.90 Å². The molecule has 0 heterocycles. The van der Waals surface area contributed by atoms with Crippen LogP contribution in [0, 0.1) is 5.82 Å². The lowest BCUT2D eigenvalue weighted by molar-refractivity contribution is 0.141. The van der Waals surface area contributed by atoms with E-state index in [0.717, 1.165) is 11.3 Å². The number of ether oxygens (including phenoxy) is 2. The standard InChI is InChI=1S/C16H27FN2O2/c1-3-20-9-7-19(8-10-21-4-2)16-12-14(5-6-18)11-15(17)13-16/h11-13H,3-10,18H2,1-2H3. The van der Waals surface area contributed by atoms with Crippen molar-refractivity contribution in [3.63, 3.8) is 0 Å². The van der Waals surface area contributed by atoms with Crippen LogP contribution in [0.3, 0.4) is 0 Å². The summed E-state index contributed by atoms with van der Waals surface area (Å²) in [6.07, 6.45) is 0.676. The molecule has 4 nitrogen and oxygen atoms in total. The number of hydrogen-bond donors (Lipinski definition) is 1. The summed E-state index contributed by atoms with van der Waals surface area (Å²) >= 11 is 0. The average Bonchev–Trinajstić information content (AvgIpc) is 2.46. The van der Waals surface area contributed by atoms with Crippen molar-refractivity contribution in [3.8, 4) is 0 Å². The van der Waals surface area contributed by atoms with E-state index < -0.39 is 0 Å². The molecule has 0 fully saturated rings. The number of rotatable bonds is 11. The van der Waals surface area contributed by atoms with Gasteiger partial charge in [-0.2, -0.15) is 0 Å². The summed E-state index contributed by atoms with van der Waals surface area (Å²) in [5.41, 5.74) is 7.34. The van der Waals surface area contributed by atoms with Gasteiger partial charge in [0.15, 0.2) is 0 Å². The molecule has 1 aromatic rings. The summed E-state index contributed by atoms with van der Waals surface area (Å²) in [6, 6.07) is 5.09. The fourth-order valence-corrected chi connectivity index (χ4v) is 2.14. The van der Waals surface area contributed by atoms with Gasteiger partial charge in [-0.15, -0.1) is 0 Å². The van der Waals surface area contributed by atoms with Gasteiger partial charge in [-0.05, 0) is 50.6 Å². The molecule has 0 bridgehead atoms. The maximum atomic E-state index is 13.8. The third-order valence-corrected chi connectivity index (χ3v) is 3.16. The molecule has 0 atom stereocenters. The van der Waals surface area contributed by atoms with Crippen LogP contribution in [-0.4, -0.2) is 46.1 Å². The molecule has 21 heavy (non-hydrogen) atoms. The second-order valence-electron chi connectivity index (χ2n) is 4.74. The molecular formula is C16H27FN2O2. The van der Waals surface area contributed by atoms with Crippen molar-refractivity contribution in [3.05, 3.63) is 29.6 Å². The number of anilines is 1. The zero-order chi connectivity index (χ0) is 15.5. The SMILES string of the molecule is CCOCCN(CCOCC)c1cc(F)cc(CCN)c1. The van der Waals surface area contributed by atoms with Crippen molar-refractivity contribution in [2.45, 2.75) is 20.3 Å². The zero-order valence-corrected chi connectivity index (χ0v) is 13.1. The largest absolute Gasteiger partial charge is 0.380 e. The third kappa shape index (κ3) is 6.89. The Labute approximate surface area is 127 Å². The topological polar surface area (TPSA) is 47.7 Å². The highest BCUT2D eigenvalue weighted by Gasteiger charge is 2.09. The predicted molar refractivity (Wildman–Crippen MR) is 84.4 cm³/mol. The Morgan fingerprint density at radius 1 is 1.05 bits per heavy atom. The Bertz CT molecular complexity index is 392. The summed E-state index contributed by atoms with van der Waals surface area (Å²) in [7, 11) is 0. The van der Waals surface area contributed by atoms with Gasteiger partial charge in [0.05, 0.1) is 13.2 Å². The van der Waals surface area contributed by atoms with E-state index >= 15 is 0 Å². The van der Waals surface area contributed by atoms with E-state index in [1.54, 1.807) is 12.1 Å². The molecule has 0 aromatic heterocycles. The van der Waals surface area contributed by atoms with Gasteiger partial charge >= 0.3 is 0 Å². The van der Waals surface area contributed by atoms with Crippen LogP contribution in [0.1, 0.15) is 19.4 Å². The third-order valence-electron chi connectivity index (χ3n) is 3.16. The molecule has 0 aliphatic rings. The minimum atomic E-state index is -0.228. The van der Waals surface area contributed by atoms with Gasteiger partial charge < -0.3 is 20.1 Å². The average molecular weight is 298 g/mol. The number of halogens is 1. The lowest BCUT2D eigenvalue weighted by atomic mass is 10.1. The maximum Gasteiger partial charge on any atom is 0.125 e. The van der Waals surface area contributed by atoms with Crippen molar-refractivity contribution in [2.24, 2.45) is 5.73 Å². The molecule has 0 unspecified atom stereocenters. The van der Waals surface area contributed by atoms with E-state index in [4.69, 9.17) is 15.2 Å². The smallest absolute Gasteiger partial charge is 0.125 e. The quantitative estimate of drug-likeness (QED) is 0.636. The highest BCUT2D eigenvalue weighted by atomic mass is 19.1. The fraction of sp³-hybridized carbons (Fsp3) is 0.625. The van der Waals surface area contributed by atoms with Gasteiger partial charge in [0.25, 0.3) is 0 Å². The molecule has 0 radical (unpaired) electrons. The molecule has 2 N–H and O–H groups in total. The Kier molecular flexibility index (Phi) is 8.98. The molecule has 0 saturated heterocycles. The first-order chi connectivity index (χ1) is 10.2. The molecule has 0 aliphatic carbocycles. The molecule has 1 aromatic carbocycles. The number of benzene rings is 1.